The number of nitrogens with one attached hydrogen (secondary N) is 1. The average Bonchev–Trinajstić information content (AvgIpc) is 2.68. The van der Waals surface area contributed by atoms with Crippen LogP contribution in [0.2, 0.25) is 0 Å². The van der Waals surface area contributed by atoms with Gasteiger partial charge in [0, 0.05) is 11.6 Å². The molecule has 2 atom stereocenters. The molecule has 1 aliphatic carbocycles. The molecule has 1 aliphatic rings. The zero-order valence-electron chi connectivity index (χ0n) is 9.67. The van der Waals surface area contributed by atoms with Crippen LogP contribution >= 0.6 is 15.9 Å². The Hall–Kier alpha value is -0.900. The summed E-state index contributed by atoms with van der Waals surface area (Å²) in [5.41, 5.74) is 0.498. The molecule has 2 nitrogen and oxygen atoms in total. The summed E-state index contributed by atoms with van der Waals surface area (Å²) in [6.45, 7) is 2.20. The molecule has 1 amide bonds. The van der Waals surface area contributed by atoms with Crippen molar-refractivity contribution in [3.63, 3.8) is 0 Å². The number of hydrogen-bond acceptors (Lipinski definition) is 1. The zero-order valence-corrected chi connectivity index (χ0v) is 11.3. The number of hydrogen-bond donors (Lipinski definition) is 1. The van der Waals surface area contributed by atoms with Crippen LogP contribution in [0.25, 0.3) is 0 Å². The van der Waals surface area contributed by atoms with Crippen molar-refractivity contribution in [1.29, 1.82) is 0 Å². The number of carbonyl (C=O) groups is 1. The predicted molar refractivity (Wildman–Crippen MR) is 68.4 cm³/mol. The first kappa shape index (κ1) is 12.6. The second kappa shape index (κ2) is 5.17. The molecule has 17 heavy (non-hydrogen) atoms. The van der Waals surface area contributed by atoms with E-state index in [4.69, 9.17) is 0 Å². The molecule has 92 valence electrons. The predicted octanol–water partition coefficient (Wildman–Crippen LogP) is 3.51. The van der Waals surface area contributed by atoms with E-state index >= 15 is 0 Å². The minimum Gasteiger partial charge on any atom is -0.349 e. The van der Waals surface area contributed by atoms with E-state index in [-0.39, 0.29) is 17.8 Å². The molecule has 1 N–H and O–H groups in total. The van der Waals surface area contributed by atoms with Gasteiger partial charge >= 0.3 is 0 Å². The van der Waals surface area contributed by atoms with Gasteiger partial charge in [-0.25, -0.2) is 4.39 Å². The van der Waals surface area contributed by atoms with Gasteiger partial charge in [0.05, 0.1) is 4.47 Å². The van der Waals surface area contributed by atoms with Crippen LogP contribution < -0.4 is 5.32 Å². The highest BCUT2D eigenvalue weighted by Gasteiger charge is 2.23. The van der Waals surface area contributed by atoms with Gasteiger partial charge in [-0.05, 0) is 59.3 Å². The van der Waals surface area contributed by atoms with Crippen LogP contribution in [0.15, 0.2) is 22.7 Å². The topological polar surface area (TPSA) is 29.1 Å². The van der Waals surface area contributed by atoms with Gasteiger partial charge < -0.3 is 5.32 Å². The average molecular weight is 300 g/mol. The van der Waals surface area contributed by atoms with E-state index in [9.17, 15) is 9.18 Å². The summed E-state index contributed by atoms with van der Waals surface area (Å²) in [7, 11) is 0. The Morgan fingerprint density at radius 1 is 1.47 bits per heavy atom. The third-order valence-electron chi connectivity index (χ3n) is 3.21. The van der Waals surface area contributed by atoms with E-state index in [1.54, 1.807) is 0 Å². The van der Waals surface area contributed by atoms with Crippen molar-refractivity contribution in [2.45, 2.75) is 32.2 Å². The number of carbonyl (C=O) groups excluding carboxylic acids is 1. The van der Waals surface area contributed by atoms with Gasteiger partial charge in [-0.2, -0.15) is 0 Å². The standard InChI is InChI=1S/C13H15BrFNO/c1-8-2-4-10(6-8)16-13(17)9-3-5-12(15)11(14)7-9/h3,5,7-8,10H,2,4,6H2,1H3,(H,16,17). The van der Waals surface area contributed by atoms with Crippen molar-refractivity contribution in [2.24, 2.45) is 5.92 Å². The number of rotatable bonds is 2. The summed E-state index contributed by atoms with van der Waals surface area (Å²) in [6.07, 6.45) is 3.24. The van der Waals surface area contributed by atoms with Crippen LogP contribution in [0, 0.1) is 11.7 Å². The Morgan fingerprint density at radius 2 is 2.24 bits per heavy atom. The Morgan fingerprint density at radius 3 is 2.82 bits per heavy atom. The van der Waals surface area contributed by atoms with Gasteiger partial charge in [-0.3, -0.25) is 4.79 Å². The molecule has 2 rings (SSSR count). The van der Waals surface area contributed by atoms with E-state index in [1.807, 2.05) is 0 Å². The van der Waals surface area contributed by atoms with Gasteiger partial charge in [0.25, 0.3) is 5.91 Å². The summed E-state index contributed by atoms with van der Waals surface area (Å²) in [6, 6.07) is 4.59. The zero-order chi connectivity index (χ0) is 12.4. The molecule has 1 saturated carbocycles. The smallest absolute Gasteiger partial charge is 0.251 e. The van der Waals surface area contributed by atoms with Crippen molar-refractivity contribution in [3.05, 3.63) is 34.1 Å². The van der Waals surface area contributed by atoms with Crippen LogP contribution in [-0.4, -0.2) is 11.9 Å². The van der Waals surface area contributed by atoms with Crippen molar-refractivity contribution in [2.75, 3.05) is 0 Å². The molecular formula is C13H15BrFNO. The van der Waals surface area contributed by atoms with E-state index in [0.717, 1.165) is 19.3 Å². The highest BCUT2D eigenvalue weighted by Crippen LogP contribution is 2.25. The van der Waals surface area contributed by atoms with Gasteiger partial charge in [0.1, 0.15) is 5.82 Å². The molecule has 1 fully saturated rings. The van der Waals surface area contributed by atoms with E-state index in [1.165, 1.54) is 18.2 Å². The molecule has 0 spiro atoms. The SMILES string of the molecule is CC1CCC(NC(=O)c2ccc(F)c(Br)c2)C1. The van der Waals surface area contributed by atoms with E-state index in [2.05, 4.69) is 28.2 Å². The van der Waals surface area contributed by atoms with E-state index < -0.39 is 0 Å². The third kappa shape index (κ3) is 3.06. The first-order valence-electron chi connectivity index (χ1n) is 5.82. The van der Waals surface area contributed by atoms with Gasteiger partial charge in [0.2, 0.25) is 0 Å². The Bertz CT molecular complexity index is 435. The minimum absolute atomic E-state index is 0.121. The lowest BCUT2D eigenvalue weighted by molar-refractivity contribution is 0.0937. The maximum atomic E-state index is 13.0. The number of halogens is 2. The fourth-order valence-corrected chi connectivity index (χ4v) is 2.62. The van der Waals surface area contributed by atoms with Crippen LogP contribution in [-0.2, 0) is 0 Å². The lowest BCUT2D eigenvalue weighted by atomic mass is 10.1. The van der Waals surface area contributed by atoms with Crippen LogP contribution in [0.5, 0.6) is 0 Å². The maximum absolute atomic E-state index is 13.0. The summed E-state index contributed by atoms with van der Waals surface area (Å²) in [5.74, 6) is 0.209. The van der Waals surface area contributed by atoms with E-state index in [0.29, 0.717) is 16.0 Å². The normalized spacial score (nSPS) is 23.7. The fourth-order valence-electron chi connectivity index (χ4n) is 2.24. The summed E-state index contributed by atoms with van der Waals surface area (Å²) < 4.78 is 13.4. The highest BCUT2D eigenvalue weighted by molar-refractivity contribution is 9.10. The molecule has 4 heteroatoms. The highest BCUT2D eigenvalue weighted by atomic mass is 79.9. The maximum Gasteiger partial charge on any atom is 0.251 e. The largest absolute Gasteiger partial charge is 0.349 e. The summed E-state index contributed by atoms with van der Waals surface area (Å²) in [5, 5.41) is 2.99. The van der Waals surface area contributed by atoms with Crippen molar-refractivity contribution in [1.82, 2.24) is 5.32 Å². The monoisotopic (exact) mass is 299 g/mol. The molecule has 0 aromatic heterocycles. The lowest BCUT2D eigenvalue weighted by Gasteiger charge is -2.12. The summed E-state index contributed by atoms with van der Waals surface area (Å²) in [4.78, 5) is 11.9. The molecule has 0 aliphatic heterocycles. The van der Waals surface area contributed by atoms with Crippen molar-refractivity contribution in [3.8, 4) is 0 Å². The number of benzene rings is 1. The molecule has 0 radical (unpaired) electrons. The quantitative estimate of drug-likeness (QED) is 0.890. The Kier molecular flexibility index (Phi) is 3.82. The van der Waals surface area contributed by atoms with Crippen LogP contribution in [0.3, 0.4) is 0 Å². The van der Waals surface area contributed by atoms with Gasteiger partial charge in [0.15, 0.2) is 0 Å². The Labute approximate surface area is 109 Å². The first-order valence-corrected chi connectivity index (χ1v) is 6.61. The van der Waals surface area contributed by atoms with Crippen molar-refractivity contribution >= 4 is 21.8 Å². The summed E-state index contributed by atoms with van der Waals surface area (Å²) >= 11 is 3.08. The molecular weight excluding hydrogens is 285 g/mol. The Balaban J connectivity index is 2.02. The first-order chi connectivity index (χ1) is 8.06. The fraction of sp³-hybridized carbons (Fsp3) is 0.462. The molecule has 1 aromatic rings. The molecule has 0 saturated heterocycles. The van der Waals surface area contributed by atoms with Crippen LogP contribution in [0.1, 0.15) is 36.5 Å². The third-order valence-corrected chi connectivity index (χ3v) is 3.82. The molecule has 2 unspecified atom stereocenters. The second-order valence-corrected chi connectivity index (χ2v) is 5.57. The molecule has 0 heterocycles. The molecule has 0 bridgehead atoms. The lowest BCUT2D eigenvalue weighted by Crippen LogP contribution is -2.32. The number of amides is 1. The van der Waals surface area contributed by atoms with Crippen LogP contribution in [0.4, 0.5) is 4.39 Å². The van der Waals surface area contributed by atoms with Crippen molar-refractivity contribution < 1.29 is 9.18 Å². The minimum atomic E-state index is -0.351. The molecule has 1 aromatic carbocycles. The second-order valence-electron chi connectivity index (χ2n) is 4.72. The van der Waals surface area contributed by atoms with Gasteiger partial charge in [-0.15, -0.1) is 0 Å². The van der Waals surface area contributed by atoms with Gasteiger partial charge in [-0.1, -0.05) is 6.92 Å².